The lowest BCUT2D eigenvalue weighted by Gasteiger charge is -2.07. The molecular formula is C13H7N5O3. The number of allylic oxidation sites excluding steroid dienone is 2. The monoisotopic (exact) mass is 281 g/mol. The molecule has 0 aliphatic rings. The van der Waals surface area contributed by atoms with Gasteiger partial charge in [0.15, 0.2) is 5.57 Å². The van der Waals surface area contributed by atoms with Gasteiger partial charge in [0.05, 0.1) is 0 Å². The number of benzene rings is 1. The molecule has 0 radical (unpaired) electrons. The Kier molecular flexibility index (Phi) is 5.03. The zero-order valence-electron chi connectivity index (χ0n) is 10.4. The molecule has 0 saturated carbocycles. The van der Waals surface area contributed by atoms with Gasteiger partial charge in [-0.05, 0) is 18.2 Å². The number of nitrogens with zero attached hydrogens (tertiary/aromatic N) is 3. The minimum atomic E-state index is -1.64. The van der Waals surface area contributed by atoms with Gasteiger partial charge >= 0.3 is 11.9 Å². The number of carboxylic acids is 1. The van der Waals surface area contributed by atoms with Gasteiger partial charge in [0.25, 0.3) is 0 Å². The summed E-state index contributed by atoms with van der Waals surface area (Å²) in [5.41, 5.74) is -0.155. The van der Waals surface area contributed by atoms with Crippen LogP contribution in [0.5, 0.6) is 0 Å². The molecule has 8 heteroatoms. The van der Waals surface area contributed by atoms with E-state index in [1.54, 1.807) is 18.2 Å². The van der Waals surface area contributed by atoms with Crippen LogP contribution in [-0.2, 0) is 9.59 Å². The molecule has 1 aromatic carbocycles. The first-order valence-electron chi connectivity index (χ1n) is 5.37. The first-order chi connectivity index (χ1) is 10.0. The number of aliphatic carboxylic acids is 1. The molecule has 0 heterocycles. The minimum absolute atomic E-state index is 0.181. The van der Waals surface area contributed by atoms with Gasteiger partial charge in [0.1, 0.15) is 23.9 Å². The number of carbonyl (C=O) groups excluding carboxylic acids is 1. The molecule has 0 spiro atoms. The highest BCUT2D eigenvalue weighted by molar-refractivity contribution is 6.36. The van der Waals surface area contributed by atoms with Crippen molar-refractivity contribution in [1.29, 1.82) is 15.8 Å². The molecule has 1 aromatic rings. The molecule has 0 bridgehead atoms. The lowest BCUT2D eigenvalue weighted by atomic mass is 10.2. The molecule has 0 aliphatic carbocycles. The lowest BCUT2D eigenvalue weighted by molar-refractivity contribution is -0.147. The Balaban J connectivity index is 3.03. The van der Waals surface area contributed by atoms with Crippen LogP contribution in [0.4, 0.5) is 11.4 Å². The molecule has 1 amide bonds. The normalized spacial score (nSPS) is 8.43. The van der Waals surface area contributed by atoms with Crippen LogP contribution in [-0.4, -0.2) is 17.0 Å². The summed E-state index contributed by atoms with van der Waals surface area (Å²) in [6.07, 6.45) is 0. The molecule has 102 valence electrons. The van der Waals surface area contributed by atoms with Crippen molar-refractivity contribution in [2.45, 2.75) is 0 Å². The fraction of sp³-hybridized carbons (Fsp3) is 0. The number of nitriles is 3. The number of hydrogen-bond acceptors (Lipinski definition) is 6. The molecule has 3 N–H and O–H groups in total. The smallest absolute Gasteiger partial charge is 0.394 e. The van der Waals surface area contributed by atoms with Gasteiger partial charge < -0.3 is 15.7 Å². The van der Waals surface area contributed by atoms with Gasteiger partial charge in [-0.1, -0.05) is 6.07 Å². The second kappa shape index (κ2) is 6.93. The second-order valence-corrected chi connectivity index (χ2v) is 3.55. The van der Waals surface area contributed by atoms with Crippen LogP contribution in [0.1, 0.15) is 0 Å². The number of hydrogen-bond donors (Lipinski definition) is 3. The molecule has 0 aromatic heterocycles. The quantitative estimate of drug-likeness (QED) is 0.551. The average Bonchev–Trinajstić information content (AvgIpc) is 2.47. The Hall–Kier alpha value is -3.83. The van der Waals surface area contributed by atoms with Crippen molar-refractivity contribution in [2.75, 3.05) is 10.6 Å². The van der Waals surface area contributed by atoms with Crippen LogP contribution >= 0.6 is 0 Å². The van der Waals surface area contributed by atoms with E-state index in [1.807, 2.05) is 0 Å². The maximum Gasteiger partial charge on any atom is 0.394 e. The summed E-state index contributed by atoms with van der Waals surface area (Å²) in [6.45, 7) is 0. The Morgan fingerprint density at radius 3 is 2.05 bits per heavy atom. The standard InChI is InChI=1S/C13H7N5O3/c14-5-8(6-15)11(7-16)17-9-2-1-3-10(4-9)18-12(19)13(20)21/h1-4,17H,(H,18,19)(H,20,21). The van der Waals surface area contributed by atoms with Crippen molar-refractivity contribution < 1.29 is 14.7 Å². The zero-order valence-corrected chi connectivity index (χ0v) is 10.4. The van der Waals surface area contributed by atoms with E-state index < -0.39 is 17.4 Å². The van der Waals surface area contributed by atoms with Crippen LogP contribution in [0.3, 0.4) is 0 Å². The Morgan fingerprint density at radius 2 is 1.57 bits per heavy atom. The van der Waals surface area contributed by atoms with E-state index in [2.05, 4.69) is 10.6 Å². The van der Waals surface area contributed by atoms with E-state index in [-0.39, 0.29) is 11.4 Å². The highest BCUT2D eigenvalue weighted by Crippen LogP contribution is 2.17. The van der Waals surface area contributed by atoms with E-state index in [0.717, 1.165) is 0 Å². The van der Waals surface area contributed by atoms with E-state index in [4.69, 9.17) is 20.9 Å². The lowest BCUT2D eigenvalue weighted by Crippen LogP contribution is -2.21. The average molecular weight is 281 g/mol. The van der Waals surface area contributed by atoms with E-state index in [0.29, 0.717) is 5.69 Å². The maximum atomic E-state index is 11.0. The van der Waals surface area contributed by atoms with Gasteiger partial charge in [0, 0.05) is 11.4 Å². The highest BCUT2D eigenvalue weighted by atomic mass is 16.4. The van der Waals surface area contributed by atoms with Crippen molar-refractivity contribution in [3.05, 3.63) is 35.5 Å². The number of carbonyl (C=O) groups is 2. The summed E-state index contributed by atoms with van der Waals surface area (Å²) >= 11 is 0. The molecular weight excluding hydrogens is 274 g/mol. The van der Waals surface area contributed by atoms with Crippen molar-refractivity contribution in [3.63, 3.8) is 0 Å². The van der Waals surface area contributed by atoms with Crippen LogP contribution in [0.25, 0.3) is 0 Å². The van der Waals surface area contributed by atoms with E-state index >= 15 is 0 Å². The molecule has 0 aliphatic heterocycles. The zero-order chi connectivity index (χ0) is 15.8. The van der Waals surface area contributed by atoms with Crippen molar-refractivity contribution >= 4 is 23.3 Å². The summed E-state index contributed by atoms with van der Waals surface area (Å²) in [5.74, 6) is -2.85. The van der Waals surface area contributed by atoms with Crippen molar-refractivity contribution in [3.8, 4) is 18.2 Å². The van der Waals surface area contributed by atoms with Crippen molar-refractivity contribution in [1.82, 2.24) is 0 Å². The fourth-order valence-corrected chi connectivity index (χ4v) is 1.29. The molecule has 1 rings (SSSR count). The first-order valence-corrected chi connectivity index (χ1v) is 5.37. The van der Waals surface area contributed by atoms with Crippen LogP contribution in [0.15, 0.2) is 35.5 Å². The molecule has 0 unspecified atom stereocenters. The topological polar surface area (TPSA) is 150 Å². The van der Waals surface area contributed by atoms with Crippen LogP contribution in [0, 0.1) is 34.0 Å². The highest BCUT2D eigenvalue weighted by Gasteiger charge is 2.11. The van der Waals surface area contributed by atoms with E-state index in [9.17, 15) is 9.59 Å². The van der Waals surface area contributed by atoms with Gasteiger partial charge in [-0.25, -0.2) is 4.79 Å². The number of anilines is 2. The Bertz CT molecular complexity index is 730. The molecule has 0 atom stereocenters. The SMILES string of the molecule is N#CC(C#N)=C(C#N)Nc1cccc(NC(=O)C(=O)O)c1. The van der Waals surface area contributed by atoms with Gasteiger partial charge in [-0.2, -0.15) is 15.8 Å². The summed E-state index contributed by atoms with van der Waals surface area (Å²) < 4.78 is 0. The predicted octanol–water partition coefficient (Wildman–Crippen LogP) is 0.946. The maximum absolute atomic E-state index is 11.0. The molecule has 0 fully saturated rings. The third kappa shape index (κ3) is 4.09. The Morgan fingerprint density at radius 1 is 1.00 bits per heavy atom. The third-order valence-electron chi connectivity index (χ3n) is 2.17. The van der Waals surface area contributed by atoms with Gasteiger partial charge in [0.2, 0.25) is 0 Å². The van der Waals surface area contributed by atoms with Gasteiger partial charge in [-0.15, -0.1) is 0 Å². The summed E-state index contributed by atoms with van der Waals surface area (Å²) in [5, 5.41) is 39.4. The summed E-state index contributed by atoms with van der Waals surface area (Å²) in [4.78, 5) is 21.5. The Labute approximate surface area is 119 Å². The minimum Gasteiger partial charge on any atom is -0.474 e. The summed E-state index contributed by atoms with van der Waals surface area (Å²) in [6, 6.07) is 10.6. The van der Waals surface area contributed by atoms with Crippen molar-refractivity contribution in [2.24, 2.45) is 0 Å². The fourth-order valence-electron chi connectivity index (χ4n) is 1.29. The number of nitrogens with one attached hydrogen (secondary N) is 2. The predicted molar refractivity (Wildman–Crippen MR) is 70.2 cm³/mol. The van der Waals surface area contributed by atoms with Crippen LogP contribution < -0.4 is 10.6 Å². The number of rotatable bonds is 3. The third-order valence-corrected chi connectivity index (χ3v) is 2.17. The number of carboxylic acid groups (broad SMARTS) is 1. The van der Waals surface area contributed by atoms with Gasteiger partial charge in [-0.3, -0.25) is 4.79 Å². The van der Waals surface area contributed by atoms with Crippen LogP contribution in [0.2, 0.25) is 0 Å². The molecule has 21 heavy (non-hydrogen) atoms. The first kappa shape index (κ1) is 15.2. The second-order valence-electron chi connectivity index (χ2n) is 3.55. The number of amides is 1. The molecule has 8 nitrogen and oxygen atoms in total. The van der Waals surface area contributed by atoms with E-state index in [1.165, 1.54) is 24.3 Å². The molecule has 0 saturated heterocycles. The summed E-state index contributed by atoms with van der Waals surface area (Å²) in [7, 11) is 0. The largest absolute Gasteiger partial charge is 0.474 e.